The molecule has 1 aromatic carbocycles. The molecule has 0 aromatic heterocycles. The van der Waals surface area contributed by atoms with Gasteiger partial charge in [-0.1, -0.05) is 58.6 Å². The number of halogens is 1. The van der Waals surface area contributed by atoms with Crippen LogP contribution in [0.4, 0.5) is 0 Å². The van der Waals surface area contributed by atoms with Crippen LogP contribution in [-0.4, -0.2) is 47.3 Å². The molecule has 39 heavy (non-hydrogen) atoms. The number of alkyl halides is 1. The maximum atomic E-state index is 14.2. The van der Waals surface area contributed by atoms with Crippen LogP contribution in [0.25, 0.3) is 0 Å². The summed E-state index contributed by atoms with van der Waals surface area (Å²) < 4.78 is 0. The van der Waals surface area contributed by atoms with Crippen molar-refractivity contribution in [3.8, 4) is 0 Å². The quantitative estimate of drug-likeness (QED) is 0.229. The first kappa shape index (κ1) is 29.0. The summed E-state index contributed by atoms with van der Waals surface area (Å²) in [5.74, 6) is 3.06. The van der Waals surface area contributed by atoms with Crippen LogP contribution in [0.3, 0.4) is 0 Å². The largest absolute Gasteiger partial charge is 0.342 e. The Kier molecular flexibility index (Phi) is 8.72. The van der Waals surface area contributed by atoms with Crippen LogP contribution in [-0.2, 0) is 10.7 Å². The smallest absolute Gasteiger partial charge is 0.254 e. The fourth-order valence-corrected chi connectivity index (χ4v) is 10.0. The van der Waals surface area contributed by atoms with E-state index in [0.717, 1.165) is 49.3 Å². The van der Waals surface area contributed by atoms with Crippen molar-refractivity contribution in [1.82, 2.24) is 9.80 Å². The van der Waals surface area contributed by atoms with Gasteiger partial charge in [-0.25, -0.2) is 0 Å². The SMILES string of the molecule is CCCCCCCN(C(=O)c1cccc(CCl)c1)[C@H]1CC[C@H]2[C@@H]3CC[C@H]4N(C)C(=O)CC[C@]4(C)[C@H]3CC[C@]12C. The van der Waals surface area contributed by atoms with Crippen LogP contribution in [0, 0.1) is 28.6 Å². The van der Waals surface area contributed by atoms with Gasteiger partial charge in [0.2, 0.25) is 5.91 Å². The Balaban J connectivity index is 1.38. The number of hydrogen-bond acceptors (Lipinski definition) is 2. The van der Waals surface area contributed by atoms with E-state index in [2.05, 4.69) is 30.6 Å². The van der Waals surface area contributed by atoms with Crippen LogP contribution in [0.2, 0.25) is 0 Å². The average molecular weight is 555 g/mol. The molecule has 0 N–H and O–H groups in total. The van der Waals surface area contributed by atoms with Gasteiger partial charge in [0, 0.05) is 43.5 Å². The summed E-state index contributed by atoms with van der Waals surface area (Å²) in [5, 5.41) is 0. The summed E-state index contributed by atoms with van der Waals surface area (Å²) in [6, 6.07) is 8.70. The van der Waals surface area contributed by atoms with E-state index in [9.17, 15) is 9.59 Å². The summed E-state index contributed by atoms with van der Waals surface area (Å²) in [7, 11) is 2.05. The minimum Gasteiger partial charge on any atom is -0.342 e. The number of unbranched alkanes of at least 4 members (excludes halogenated alkanes) is 4. The second kappa shape index (κ2) is 11.7. The zero-order valence-corrected chi connectivity index (χ0v) is 25.6. The van der Waals surface area contributed by atoms with Crippen LogP contribution < -0.4 is 0 Å². The lowest BCUT2D eigenvalue weighted by Crippen LogP contribution is -2.62. The maximum absolute atomic E-state index is 14.2. The molecule has 0 spiro atoms. The number of carbonyl (C=O) groups excluding carboxylic acids is 2. The Morgan fingerprint density at radius 1 is 1.00 bits per heavy atom. The Morgan fingerprint density at radius 3 is 2.54 bits per heavy atom. The Hall–Kier alpha value is -1.55. The lowest BCUT2D eigenvalue weighted by molar-refractivity contribution is -0.158. The monoisotopic (exact) mass is 554 g/mol. The standard InChI is InChI=1S/C34H51ClN2O2/c1-5-6-7-8-9-21-37(32(39)25-12-10-11-24(22-25)23-35)30-16-14-27-26-13-15-29-33(2,20-18-31(38)36(29)4)28(26)17-19-34(27,30)3/h10-12,22,26-30H,5-9,13-21,23H2,1-4H3/t26-,27-,28-,29+,30-,33+,34-/m0/s1. The number of amides is 2. The number of nitrogens with zero attached hydrogens (tertiary/aromatic N) is 2. The van der Waals surface area contributed by atoms with E-state index < -0.39 is 0 Å². The van der Waals surface area contributed by atoms with E-state index in [1.807, 2.05) is 31.3 Å². The Labute approximate surface area is 242 Å². The normalized spacial score (nSPS) is 35.8. The molecular weight excluding hydrogens is 504 g/mol. The highest BCUT2D eigenvalue weighted by Crippen LogP contribution is 2.65. The molecule has 7 atom stereocenters. The van der Waals surface area contributed by atoms with Crippen molar-refractivity contribution in [2.45, 2.75) is 122 Å². The van der Waals surface area contributed by atoms with Gasteiger partial charge in [-0.2, -0.15) is 0 Å². The molecule has 5 heteroatoms. The van der Waals surface area contributed by atoms with Crippen LogP contribution in [0.15, 0.2) is 24.3 Å². The number of fused-ring (bicyclic) bond motifs is 5. The number of likely N-dealkylation sites (tertiary alicyclic amines) is 1. The molecule has 3 aliphatic carbocycles. The van der Waals surface area contributed by atoms with E-state index in [0.29, 0.717) is 42.1 Å². The third-order valence-corrected chi connectivity index (χ3v) is 12.3. The van der Waals surface area contributed by atoms with Gasteiger partial charge in [0.25, 0.3) is 5.91 Å². The average Bonchev–Trinajstić information content (AvgIpc) is 3.29. The molecule has 4 aliphatic rings. The topological polar surface area (TPSA) is 40.6 Å². The fourth-order valence-electron chi connectivity index (χ4n) is 9.87. The second-order valence-corrected chi connectivity index (χ2v) is 14.1. The lowest BCUT2D eigenvalue weighted by Gasteiger charge is -2.62. The van der Waals surface area contributed by atoms with Crippen molar-refractivity contribution in [3.63, 3.8) is 0 Å². The lowest BCUT2D eigenvalue weighted by atomic mass is 9.47. The van der Waals surface area contributed by atoms with Crippen molar-refractivity contribution in [3.05, 3.63) is 35.4 Å². The van der Waals surface area contributed by atoms with E-state index in [-0.39, 0.29) is 16.7 Å². The van der Waals surface area contributed by atoms with Crippen LogP contribution in [0.5, 0.6) is 0 Å². The second-order valence-electron chi connectivity index (χ2n) is 13.9. The van der Waals surface area contributed by atoms with E-state index in [4.69, 9.17) is 11.6 Å². The maximum Gasteiger partial charge on any atom is 0.254 e. The van der Waals surface area contributed by atoms with Gasteiger partial charge in [-0.3, -0.25) is 9.59 Å². The molecule has 3 saturated carbocycles. The molecule has 2 amide bonds. The summed E-state index contributed by atoms with van der Waals surface area (Å²) in [6.07, 6.45) is 15.0. The zero-order valence-electron chi connectivity index (χ0n) is 24.9. The van der Waals surface area contributed by atoms with Crippen molar-refractivity contribution >= 4 is 23.4 Å². The number of piperidine rings is 1. The Morgan fingerprint density at radius 2 is 1.77 bits per heavy atom. The molecule has 1 saturated heterocycles. The van der Waals surface area contributed by atoms with E-state index >= 15 is 0 Å². The minimum absolute atomic E-state index is 0.171. The van der Waals surface area contributed by atoms with Gasteiger partial charge in [0.15, 0.2) is 0 Å². The number of carbonyl (C=O) groups is 2. The summed E-state index contributed by atoms with van der Waals surface area (Å²) in [4.78, 5) is 31.1. The third kappa shape index (κ3) is 5.17. The first-order chi connectivity index (χ1) is 18.7. The highest BCUT2D eigenvalue weighted by Gasteiger charge is 2.62. The molecule has 0 bridgehead atoms. The van der Waals surface area contributed by atoms with Crippen LogP contribution in [0.1, 0.15) is 120 Å². The molecule has 1 aliphatic heterocycles. The number of benzene rings is 1. The predicted molar refractivity (Wildman–Crippen MR) is 160 cm³/mol. The van der Waals surface area contributed by atoms with Crippen LogP contribution >= 0.6 is 11.6 Å². The van der Waals surface area contributed by atoms with Gasteiger partial charge in [-0.05, 0) is 97.6 Å². The predicted octanol–water partition coefficient (Wildman–Crippen LogP) is 8.07. The molecule has 4 nitrogen and oxygen atoms in total. The van der Waals surface area contributed by atoms with E-state index in [1.54, 1.807) is 0 Å². The Bertz CT molecular complexity index is 1040. The molecular formula is C34H51ClN2O2. The third-order valence-electron chi connectivity index (χ3n) is 12.0. The highest BCUT2D eigenvalue weighted by molar-refractivity contribution is 6.17. The van der Waals surface area contributed by atoms with Crippen molar-refractivity contribution in [1.29, 1.82) is 0 Å². The van der Waals surface area contributed by atoms with Gasteiger partial charge in [0.05, 0.1) is 0 Å². The summed E-state index contributed by atoms with van der Waals surface area (Å²) in [6.45, 7) is 8.15. The molecule has 216 valence electrons. The highest BCUT2D eigenvalue weighted by atomic mass is 35.5. The molecule has 4 fully saturated rings. The van der Waals surface area contributed by atoms with Gasteiger partial charge in [0.1, 0.15) is 0 Å². The first-order valence-corrected chi connectivity index (χ1v) is 16.5. The molecule has 5 rings (SSSR count). The molecule has 0 radical (unpaired) electrons. The molecule has 1 aromatic rings. The summed E-state index contributed by atoms with van der Waals surface area (Å²) >= 11 is 6.15. The van der Waals surface area contributed by atoms with Crippen molar-refractivity contribution in [2.75, 3.05) is 13.6 Å². The first-order valence-electron chi connectivity index (χ1n) is 16.0. The molecule has 1 heterocycles. The number of hydrogen-bond donors (Lipinski definition) is 0. The zero-order chi connectivity index (χ0) is 27.8. The van der Waals surface area contributed by atoms with Gasteiger partial charge >= 0.3 is 0 Å². The van der Waals surface area contributed by atoms with Crippen molar-refractivity contribution in [2.24, 2.45) is 28.6 Å². The number of rotatable bonds is 9. The van der Waals surface area contributed by atoms with Crippen molar-refractivity contribution < 1.29 is 9.59 Å². The summed E-state index contributed by atoms with van der Waals surface area (Å²) in [5.41, 5.74) is 2.22. The van der Waals surface area contributed by atoms with Gasteiger partial charge < -0.3 is 9.80 Å². The van der Waals surface area contributed by atoms with Gasteiger partial charge in [-0.15, -0.1) is 11.6 Å². The molecule has 0 unspecified atom stereocenters. The van der Waals surface area contributed by atoms with E-state index in [1.165, 1.54) is 51.4 Å². The minimum atomic E-state index is 0.171. The fraction of sp³-hybridized carbons (Fsp3) is 0.765.